The highest BCUT2D eigenvalue weighted by Crippen LogP contribution is 2.35. The molecule has 2 aromatic rings. The molecule has 0 aliphatic carbocycles. The molecular weight excluding hydrogens is 372 g/mol. The maximum Gasteiger partial charge on any atom is 0.321 e. The fourth-order valence-electron chi connectivity index (χ4n) is 2.22. The second-order valence-electron chi connectivity index (χ2n) is 6.22. The number of aromatic nitrogens is 2. The summed E-state index contributed by atoms with van der Waals surface area (Å²) in [4.78, 5) is 23.4. The van der Waals surface area contributed by atoms with E-state index >= 15 is 0 Å². The lowest BCUT2D eigenvalue weighted by Gasteiger charge is -2.07. The molecule has 2 heterocycles. The van der Waals surface area contributed by atoms with Crippen LogP contribution < -0.4 is 20.1 Å². The quantitative estimate of drug-likeness (QED) is 0.690. The number of thioether (sulfide) groups is 1. The van der Waals surface area contributed by atoms with Crippen molar-refractivity contribution >= 4 is 23.7 Å². The molecule has 0 saturated carbocycles. The Labute approximate surface area is 160 Å². The predicted molar refractivity (Wildman–Crippen MR) is 97.6 cm³/mol. The first kappa shape index (κ1) is 19.0. The Kier molecular flexibility index (Phi) is 6.17. The van der Waals surface area contributed by atoms with Crippen molar-refractivity contribution in [2.75, 3.05) is 19.1 Å². The highest BCUT2D eigenvalue weighted by molar-refractivity contribution is 7.99. The van der Waals surface area contributed by atoms with Gasteiger partial charge in [0.25, 0.3) is 5.22 Å². The molecule has 3 amide bonds. The van der Waals surface area contributed by atoms with Crippen molar-refractivity contribution in [2.45, 2.75) is 25.5 Å². The largest absolute Gasteiger partial charge is 0.454 e. The number of ether oxygens (including phenoxy) is 2. The molecule has 0 bridgehead atoms. The number of fused-ring (bicyclic) bond motifs is 1. The summed E-state index contributed by atoms with van der Waals surface area (Å²) >= 11 is 1.05. The molecule has 1 aliphatic rings. The van der Waals surface area contributed by atoms with Crippen molar-refractivity contribution in [1.29, 1.82) is 0 Å². The van der Waals surface area contributed by atoms with Gasteiger partial charge in [-0.3, -0.25) is 10.1 Å². The van der Waals surface area contributed by atoms with E-state index in [4.69, 9.17) is 13.9 Å². The number of hydrogen-bond donors (Lipinski definition) is 2. The van der Waals surface area contributed by atoms with E-state index in [1.54, 1.807) is 18.2 Å². The van der Waals surface area contributed by atoms with E-state index in [2.05, 4.69) is 34.7 Å². The SMILES string of the molecule is CC(C)CCNC(=O)NC(=O)CSc1nnc(-c2ccc3c(c2)OCO3)o1. The maximum absolute atomic E-state index is 11.8. The average molecular weight is 392 g/mol. The Balaban J connectivity index is 1.47. The molecule has 144 valence electrons. The van der Waals surface area contributed by atoms with Gasteiger partial charge < -0.3 is 19.2 Å². The molecule has 1 aromatic heterocycles. The van der Waals surface area contributed by atoms with Gasteiger partial charge in [0, 0.05) is 12.1 Å². The standard InChI is InChI=1S/C17H20N4O5S/c1-10(2)5-6-18-16(23)19-14(22)8-27-17-21-20-15(26-17)11-3-4-12-13(7-11)25-9-24-12/h3-4,7,10H,5-6,8-9H2,1-2H3,(H2,18,19,22,23). The van der Waals surface area contributed by atoms with Crippen LogP contribution in [0, 0.1) is 5.92 Å². The first-order valence-corrected chi connectivity index (χ1v) is 9.44. The third-order valence-corrected chi connectivity index (χ3v) is 4.43. The van der Waals surface area contributed by atoms with Crippen molar-refractivity contribution in [1.82, 2.24) is 20.8 Å². The molecule has 0 atom stereocenters. The van der Waals surface area contributed by atoms with Gasteiger partial charge in [-0.05, 0) is 30.5 Å². The maximum atomic E-state index is 11.8. The van der Waals surface area contributed by atoms with Crippen molar-refractivity contribution in [3.8, 4) is 23.0 Å². The molecule has 9 nitrogen and oxygen atoms in total. The zero-order valence-electron chi connectivity index (χ0n) is 15.0. The van der Waals surface area contributed by atoms with Gasteiger partial charge in [0.1, 0.15) is 0 Å². The summed E-state index contributed by atoms with van der Waals surface area (Å²) in [6, 6.07) is 4.79. The molecule has 0 unspecified atom stereocenters. The number of rotatable bonds is 7. The molecule has 3 rings (SSSR count). The second-order valence-corrected chi connectivity index (χ2v) is 7.14. The van der Waals surface area contributed by atoms with Crippen molar-refractivity contribution in [2.24, 2.45) is 5.92 Å². The van der Waals surface area contributed by atoms with Crippen molar-refractivity contribution < 1.29 is 23.5 Å². The summed E-state index contributed by atoms with van der Waals surface area (Å²) in [6.07, 6.45) is 0.848. The van der Waals surface area contributed by atoms with Crippen LogP contribution in [0.25, 0.3) is 11.5 Å². The van der Waals surface area contributed by atoms with Gasteiger partial charge in [-0.2, -0.15) is 0 Å². The van der Waals surface area contributed by atoms with E-state index in [1.165, 1.54) is 0 Å². The van der Waals surface area contributed by atoms with E-state index in [0.717, 1.165) is 18.2 Å². The molecule has 0 saturated heterocycles. The third kappa shape index (κ3) is 5.36. The van der Waals surface area contributed by atoms with Gasteiger partial charge >= 0.3 is 6.03 Å². The average Bonchev–Trinajstić information content (AvgIpc) is 3.28. The first-order chi connectivity index (χ1) is 13.0. The van der Waals surface area contributed by atoms with Crippen LogP contribution >= 0.6 is 11.8 Å². The fourth-order valence-corrected chi connectivity index (χ4v) is 2.79. The second kappa shape index (κ2) is 8.76. The van der Waals surface area contributed by atoms with Gasteiger partial charge in [0.15, 0.2) is 11.5 Å². The number of carbonyl (C=O) groups excluding carboxylic acids is 2. The summed E-state index contributed by atoms with van der Waals surface area (Å²) in [7, 11) is 0. The first-order valence-electron chi connectivity index (χ1n) is 8.45. The molecule has 0 fully saturated rings. The van der Waals surface area contributed by atoms with Crippen molar-refractivity contribution in [3.63, 3.8) is 0 Å². The monoisotopic (exact) mass is 392 g/mol. The number of imide groups is 1. The zero-order chi connectivity index (χ0) is 19.2. The Morgan fingerprint density at radius 3 is 2.85 bits per heavy atom. The van der Waals surface area contributed by atoms with Crippen LogP contribution in [0.4, 0.5) is 4.79 Å². The number of benzene rings is 1. The summed E-state index contributed by atoms with van der Waals surface area (Å²) in [5.41, 5.74) is 0.688. The van der Waals surface area contributed by atoms with Crippen LogP contribution in [0.5, 0.6) is 11.5 Å². The number of nitrogens with zero attached hydrogens (tertiary/aromatic N) is 2. The molecule has 2 N–H and O–H groups in total. The Bertz CT molecular complexity index is 823. The fraction of sp³-hybridized carbons (Fsp3) is 0.412. The van der Waals surface area contributed by atoms with Gasteiger partial charge in [-0.15, -0.1) is 10.2 Å². The minimum atomic E-state index is -0.507. The summed E-state index contributed by atoms with van der Waals surface area (Å²) in [5.74, 6) is 1.61. The predicted octanol–water partition coefficient (Wildman–Crippen LogP) is 2.43. The minimum absolute atomic E-state index is 0.0135. The van der Waals surface area contributed by atoms with Crippen LogP contribution in [-0.4, -0.2) is 41.2 Å². The molecule has 0 spiro atoms. The van der Waals surface area contributed by atoms with Crippen LogP contribution in [0.2, 0.25) is 0 Å². The Hall–Kier alpha value is -2.75. The summed E-state index contributed by atoms with van der Waals surface area (Å²) in [5, 5.41) is 13.0. The molecule has 0 radical (unpaired) electrons. The van der Waals surface area contributed by atoms with Crippen LogP contribution in [0.3, 0.4) is 0 Å². The molecular formula is C17H20N4O5S. The van der Waals surface area contributed by atoms with Gasteiger partial charge in [-0.25, -0.2) is 4.79 Å². The van der Waals surface area contributed by atoms with Gasteiger partial charge in [0.05, 0.1) is 5.75 Å². The lowest BCUT2D eigenvalue weighted by atomic mass is 10.1. The van der Waals surface area contributed by atoms with E-state index < -0.39 is 11.9 Å². The van der Waals surface area contributed by atoms with Gasteiger partial charge in [-0.1, -0.05) is 25.6 Å². The van der Waals surface area contributed by atoms with Crippen LogP contribution in [-0.2, 0) is 4.79 Å². The topological polar surface area (TPSA) is 116 Å². The van der Waals surface area contributed by atoms with Gasteiger partial charge in [0.2, 0.25) is 18.6 Å². The Morgan fingerprint density at radius 1 is 1.22 bits per heavy atom. The Morgan fingerprint density at radius 2 is 2.04 bits per heavy atom. The smallest absolute Gasteiger partial charge is 0.321 e. The molecule has 27 heavy (non-hydrogen) atoms. The normalized spacial score (nSPS) is 12.3. The number of amides is 3. The molecule has 1 aliphatic heterocycles. The van der Waals surface area contributed by atoms with E-state index in [9.17, 15) is 9.59 Å². The number of urea groups is 1. The van der Waals surface area contributed by atoms with E-state index in [-0.39, 0.29) is 17.8 Å². The third-order valence-electron chi connectivity index (χ3n) is 3.61. The lowest BCUT2D eigenvalue weighted by Crippen LogP contribution is -2.40. The summed E-state index contributed by atoms with van der Waals surface area (Å²) < 4.78 is 16.1. The van der Waals surface area contributed by atoms with Crippen LogP contribution in [0.15, 0.2) is 27.8 Å². The van der Waals surface area contributed by atoms with Crippen LogP contribution in [0.1, 0.15) is 20.3 Å². The molecule has 1 aromatic carbocycles. The zero-order valence-corrected chi connectivity index (χ0v) is 15.8. The van der Waals surface area contributed by atoms with Crippen molar-refractivity contribution in [3.05, 3.63) is 18.2 Å². The van der Waals surface area contributed by atoms with E-state index in [1.807, 2.05) is 0 Å². The highest BCUT2D eigenvalue weighted by Gasteiger charge is 2.17. The number of carbonyl (C=O) groups is 2. The summed E-state index contributed by atoms with van der Waals surface area (Å²) in [6.45, 7) is 4.82. The number of hydrogen-bond acceptors (Lipinski definition) is 8. The molecule has 10 heteroatoms. The lowest BCUT2D eigenvalue weighted by molar-refractivity contribution is -0.117. The number of nitrogens with one attached hydrogen (secondary N) is 2. The minimum Gasteiger partial charge on any atom is -0.454 e. The highest BCUT2D eigenvalue weighted by atomic mass is 32.2. The van der Waals surface area contributed by atoms with E-state index in [0.29, 0.717) is 35.4 Å².